The number of carbonyl (C=O) groups excluding carboxylic acids is 1. The highest BCUT2D eigenvalue weighted by atomic mass is 16.5. The standard InChI is InChI=1S/C15H20O3/c1-15(2,10-16)12-7-5-6-11(14(12)17)13-8-3-4-9-18-13/h5-7,10,13,17H,3-4,8-9H2,1-2H3. The van der Waals surface area contributed by atoms with E-state index in [4.69, 9.17) is 4.74 Å². The first-order valence-electron chi connectivity index (χ1n) is 6.46. The maximum Gasteiger partial charge on any atom is 0.130 e. The van der Waals surface area contributed by atoms with Crippen LogP contribution in [0.3, 0.4) is 0 Å². The summed E-state index contributed by atoms with van der Waals surface area (Å²) in [7, 11) is 0. The van der Waals surface area contributed by atoms with E-state index < -0.39 is 5.41 Å². The van der Waals surface area contributed by atoms with Crippen molar-refractivity contribution in [2.24, 2.45) is 0 Å². The summed E-state index contributed by atoms with van der Waals surface area (Å²) < 4.78 is 5.70. The molecule has 1 saturated heterocycles. The second-order valence-electron chi connectivity index (χ2n) is 5.44. The van der Waals surface area contributed by atoms with Crippen molar-refractivity contribution >= 4 is 6.29 Å². The molecule has 1 aliphatic heterocycles. The molecule has 18 heavy (non-hydrogen) atoms. The topological polar surface area (TPSA) is 46.5 Å². The number of phenolic OH excluding ortho intramolecular Hbond substituents is 1. The van der Waals surface area contributed by atoms with Crippen LogP contribution in [0.15, 0.2) is 18.2 Å². The largest absolute Gasteiger partial charge is 0.507 e. The van der Waals surface area contributed by atoms with Crippen LogP contribution >= 0.6 is 0 Å². The van der Waals surface area contributed by atoms with E-state index in [9.17, 15) is 9.90 Å². The minimum atomic E-state index is -0.672. The van der Waals surface area contributed by atoms with Crippen molar-refractivity contribution in [3.05, 3.63) is 29.3 Å². The summed E-state index contributed by atoms with van der Waals surface area (Å²) >= 11 is 0. The first-order chi connectivity index (χ1) is 8.56. The molecule has 1 aliphatic rings. The summed E-state index contributed by atoms with van der Waals surface area (Å²) in [6.45, 7) is 4.35. The number of aromatic hydroxyl groups is 1. The van der Waals surface area contributed by atoms with Crippen molar-refractivity contribution < 1.29 is 14.6 Å². The van der Waals surface area contributed by atoms with Crippen molar-refractivity contribution in [2.45, 2.75) is 44.6 Å². The lowest BCUT2D eigenvalue weighted by Crippen LogP contribution is -2.20. The summed E-state index contributed by atoms with van der Waals surface area (Å²) in [6.07, 6.45) is 3.95. The second-order valence-corrected chi connectivity index (χ2v) is 5.44. The van der Waals surface area contributed by atoms with Crippen LogP contribution in [0.1, 0.15) is 50.3 Å². The van der Waals surface area contributed by atoms with E-state index in [2.05, 4.69) is 0 Å². The number of hydrogen-bond donors (Lipinski definition) is 1. The molecule has 1 unspecified atom stereocenters. The summed E-state index contributed by atoms with van der Waals surface area (Å²) in [5.74, 6) is 0.210. The normalized spacial score (nSPS) is 20.7. The number of rotatable bonds is 3. The first kappa shape index (κ1) is 13.1. The fraction of sp³-hybridized carbons (Fsp3) is 0.533. The van der Waals surface area contributed by atoms with Gasteiger partial charge in [0.05, 0.1) is 6.10 Å². The monoisotopic (exact) mass is 248 g/mol. The molecule has 0 saturated carbocycles. The van der Waals surface area contributed by atoms with Crippen LogP contribution in [0.4, 0.5) is 0 Å². The zero-order chi connectivity index (χ0) is 13.2. The highest BCUT2D eigenvalue weighted by Gasteiger charge is 2.27. The Labute approximate surface area is 108 Å². The Balaban J connectivity index is 2.38. The molecule has 1 N–H and O–H groups in total. The van der Waals surface area contributed by atoms with Gasteiger partial charge < -0.3 is 14.6 Å². The van der Waals surface area contributed by atoms with E-state index in [1.165, 1.54) is 0 Å². The predicted molar refractivity (Wildman–Crippen MR) is 69.7 cm³/mol. The molecule has 0 aromatic heterocycles. The third-order valence-electron chi connectivity index (χ3n) is 3.58. The van der Waals surface area contributed by atoms with Crippen LogP contribution in [-0.2, 0) is 14.9 Å². The van der Waals surface area contributed by atoms with Crippen LogP contribution in [0.25, 0.3) is 0 Å². The third-order valence-corrected chi connectivity index (χ3v) is 3.58. The molecule has 1 fully saturated rings. The van der Waals surface area contributed by atoms with E-state index in [1.54, 1.807) is 19.9 Å². The van der Waals surface area contributed by atoms with Gasteiger partial charge in [0, 0.05) is 23.1 Å². The highest BCUT2D eigenvalue weighted by molar-refractivity contribution is 5.69. The molecule has 0 bridgehead atoms. The molecule has 1 aromatic rings. The van der Waals surface area contributed by atoms with Gasteiger partial charge in [-0.3, -0.25) is 0 Å². The SMILES string of the molecule is CC(C)(C=O)c1cccc(C2CCCCO2)c1O. The Kier molecular flexibility index (Phi) is 3.71. The van der Waals surface area contributed by atoms with Gasteiger partial charge in [-0.05, 0) is 33.1 Å². The van der Waals surface area contributed by atoms with Crippen molar-refractivity contribution in [3.8, 4) is 5.75 Å². The molecule has 0 amide bonds. The minimum Gasteiger partial charge on any atom is -0.507 e. The van der Waals surface area contributed by atoms with E-state index in [1.807, 2.05) is 12.1 Å². The van der Waals surface area contributed by atoms with Crippen molar-refractivity contribution in [1.82, 2.24) is 0 Å². The fourth-order valence-electron chi connectivity index (χ4n) is 2.39. The second kappa shape index (κ2) is 5.11. The van der Waals surface area contributed by atoms with E-state index >= 15 is 0 Å². The molecule has 2 rings (SSSR count). The average molecular weight is 248 g/mol. The zero-order valence-electron chi connectivity index (χ0n) is 11.0. The van der Waals surface area contributed by atoms with Gasteiger partial charge in [-0.1, -0.05) is 18.2 Å². The van der Waals surface area contributed by atoms with E-state index in [-0.39, 0.29) is 11.9 Å². The Morgan fingerprint density at radius 2 is 2.17 bits per heavy atom. The van der Waals surface area contributed by atoms with Gasteiger partial charge in [-0.15, -0.1) is 0 Å². The number of phenols is 1. The molecule has 1 aromatic carbocycles. The highest BCUT2D eigenvalue weighted by Crippen LogP contribution is 2.39. The summed E-state index contributed by atoms with van der Waals surface area (Å²) in [5, 5.41) is 10.4. The molecule has 98 valence electrons. The first-order valence-corrected chi connectivity index (χ1v) is 6.46. The van der Waals surface area contributed by atoms with E-state index in [0.717, 1.165) is 37.7 Å². The molecule has 0 spiro atoms. The maximum absolute atomic E-state index is 11.1. The Morgan fingerprint density at radius 1 is 1.39 bits per heavy atom. The Bertz CT molecular complexity index is 431. The lowest BCUT2D eigenvalue weighted by Gasteiger charge is -2.26. The third kappa shape index (κ3) is 2.41. The van der Waals surface area contributed by atoms with Crippen molar-refractivity contribution in [2.75, 3.05) is 6.61 Å². The quantitative estimate of drug-likeness (QED) is 0.836. The minimum absolute atomic E-state index is 0.0406. The lowest BCUT2D eigenvalue weighted by molar-refractivity contribution is -0.111. The maximum atomic E-state index is 11.1. The average Bonchev–Trinajstić information content (AvgIpc) is 2.40. The molecular weight excluding hydrogens is 228 g/mol. The van der Waals surface area contributed by atoms with Crippen LogP contribution in [0, 0.1) is 0 Å². The van der Waals surface area contributed by atoms with Crippen molar-refractivity contribution in [1.29, 1.82) is 0 Å². The number of aldehydes is 1. The van der Waals surface area contributed by atoms with Gasteiger partial charge in [-0.2, -0.15) is 0 Å². The number of benzene rings is 1. The zero-order valence-corrected chi connectivity index (χ0v) is 11.0. The summed E-state index contributed by atoms with van der Waals surface area (Å²) in [4.78, 5) is 11.1. The molecule has 1 heterocycles. The number of hydrogen-bond acceptors (Lipinski definition) is 3. The molecule has 3 heteroatoms. The Morgan fingerprint density at radius 3 is 2.78 bits per heavy atom. The van der Waals surface area contributed by atoms with Gasteiger partial charge >= 0.3 is 0 Å². The number of ether oxygens (including phenoxy) is 1. The van der Waals surface area contributed by atoms with Gasteiger partial charge in [0.1, 0.15) is 12.0 Å². The predicted octanol–water partition coefficient (Wildman–Crippen LogP) is 3.11. The van der Waals surface area contributed by atoms with Crippen LogP contribution in [-0.4, -0.2) is 18.0 Å². The summed E-state index contributed by atoms with van der Waals surface area (Å²) in [5.41, 5.74) is 0.806. The molecule has 1 atom stereocenters. The Hall–Kier alpha value is -1.35. The number of para-hydroxylation sites is 1. The fourth-order valence-corrected chi connectivity index (χ4v) is 2.39. The van der Waals surface area contributed by atoms with Crippen molar-refractivity contribution in [3.63, 3.8) is 0 Å². The lowest BCUT2D eigenvalue weighted by atomic mass is 9.83. The van der Waals surface area contributed by atoms with Crippen LogP contribution in [0.2, 0.25) is 0 Å². The smallest absolute Gasteiger partial charge is 0.130 e. The molecule has 0 aliphatic carbocycles. The molecule has 3 nitrogen and oxygen atoms in total. The van der Waals surface area contributed by atoms with Gasteiger partial charge in [-0.25, -0.2) is 0 Å². The van der Waals surface area contributed by atoms with Crippen LogP contribution < -0.4 is 0 Å². The van der Waals surface area contributed by atoms with E-state index in [0.29, 0.717) is 5.56 Å². The molecular formula is C15H20O3. The van der Waals surface area contributed by atoms with Gasteiger partial charge in [0.2, 0.25) is 0 Å². The van der Waals surface area contributed by atoms with Gasteiger partial charge in [0.15, 0.2) is 0 Å². The van der Waals surface area contributed by atoms with Crippen LogP contribution in [0.5, 0.6) is 5.75 Å². The summed E-state index contributed by atoms with van der Waals surface area (Å²) in [6, 6.07) is 5.57. The molecule has 0 radical (unpaired) electrons. The number of carbonyl (C=O) groups is 1. The van der Waals surface area contributed by atoms with Gasteiger partial charge in [0.25, 0.3) is 0 Å².